The average Bonchev–Trinajstić information content (AvgIpc) is 2.27. The molecule has 0 atom stereocenters. The second-order valence-electron chi connectivity index (χ2n) is 2.72. The molecule has 0 heterocycles. The topological polar surface area (TPSA) is 24.7 Å². The number of rotatable bonds is 2. The molecular weight excluding hydrogens is 172 g/mol. The van der Waals surface area contributed by atoms with Crippen LogP contribution >= 0.6 is 0 Å². The van der Waals surface area contributed by atoms with Gasteiger partial charge in [-0.1, -0.05) is 36.4 Å². The molecule has 0 N–H and O–H groups in total. The molecule has 0 aliphatic heterocycles. The van der Waals surface area contributed by atoms with Crippen molar-refractivity contribution in [3.63, 3.8) is 0 Å². The van der Waals surface area contributed by atoms with E-state index in [4.69, 9.17) is 2.74 Å². The van der Waals surface area contributed by atoms with Gasteiger partial charge in [0.2, 0.25) is 0 Å². The maximum absolute atomic E-state index is 7.42. The molecule has 2 aromatic rings. The van der Waals surface area contributed by atoms with Gasteiger partial charge in [-0.3, -0.25) is 0 Å². The van der Waals surface area contributed by atoms with Crippen LogP contribution in [0.5, 0.6) is 0 Å². The highest BCUT2D eigenvalue weighted by atomic mass is 15.1. The van der Waals surface area contributed by atoms with Crippen LogP contribution in [-0.2, 0) is 0 Å². The number of nitrogens with zero attached hydrogens (tertiary/aromatic N) is 2. The Balaban J connectivity index is 2.21. The van der Waals surface area contributed by atoms with E-state index in [1.807, 2.05) is 0 Å². The van der Waals surface area contributed by atoms with Gasteiger partial charge in [-0.05, 0) is 24.3 Å². The van der Waals surface area contributed by atoms with Gasteiger partial charge in [-0.25, -0.2) is 0 Å². The molecule has 0 aliphatic rings. The van der Waals surface area contributed by atoms with Crippen LogP contribution in [0.1, 0.15) is 2.74 Å². The first kappa shape index (κ1) is 6.49. The van der Waals surface area contributed by atoms with E-state index in [0.29, 0.717) is 23.5 Å². The standard InChI is InChI=1S/C12H10N2/c1-3-7-11(8-4-1)13-14-12-9-5-2-6-10-12/h1-10H/i3D,5D. The van der Waals surface area contributed by atoms with Crippen molar-refractivity contribution in [2.75, 3.05) is 0 Å². The predicted molar refractivity (Wildman–Crippen MR) is 57.1 cm³/mol. The SMILES string of the molecule is [2H]c1cccc(N=Nc2cccc([2H])c2)c1. The normalized spacial score (nSPS) is 12.6. The molecule has 0 bridgehead atoms. The van der Waals surface area contributed by atoms with Gasteiger partial charge in [0.05, 0.1) is 14.1 Å². The van der Waals surface area contributed by atoms with E-state index in [-0.39, 0.29) is 0 Å². The summed E-state index contributed by atoms with van der Waals surface area (Å²) >= 11 is 0. The molecule has 2 heteroatoms. The van der Waals surface area contributed by atoms with E-state index >= 15 is 0 Å². The molecular formula is C12H10N2. The van der Waals surface area contributed by atoms with Gasteiger partial charge in [0.15, 0.2) is 0 Å². The van der Waals surface area contributed by atoms with Crippen LogP contribution in [0.2, 0.25) is 0 Å². The van der Waals surface area contributed by atoms with E-state index in [9.17, 15) is 0 Å². The summed E-state index contributed by atoms with van der Waals surface area (Å²) in [6.45, 7) is 0. The van der Waals surface area contributed by atoms with Crippen LogP contribution in [-0.4, -0.2) is 0 Å². The molecule has 0 aliphatic carbocycles. The maximum atomic E-state index is 7.42. The Hall–Kier alpha value is -1.96. The molecule has 2 nitrogen and oxygen atoms in total. The smallest absolute Gasteiger partial charge is 0.0857 e. The summed E-state index contributed by atoms with van der Waals surface area (Å²) in [5.41, 5.74) is 1.28. The van der Waals surface area contributed by atoms with E-state index in [0.717, 1.165) is 0 Å². The summed E-state index contributed by atoms with van der Waals surface area (Å²) in [4.78, 5) is 0. The van der Waals surface area contributed by atoms with E-state index < -0.39 is 0 Å². The Labute approximate surface area is 85.7 Å². The lowest BCUT2D eigenvalue weighted by Gasteiger charge is -1.91. The number of hydrogen-bond acceptors (Lipinski definition) is 2. The first-order chi connectivity index (χ1) is 7.74. The second kappa shape index (κ2) is 4.33. The van der Waals surface area contributed by atoms with Gasteiger partial charge in [-0.2, -0.15) is 10.2 Å². The summed E-state index contributed by atoms with van der Waals surface area (Å²) < 4.78 is 14.8. The van der Waals surface area contributed by atoms with Gasteiger partial charge in [0, 0.05) is 0 Å². The molecule has 0 unspecified atom stereocenters. The zero-order valence-electron chi connectivity index (χ0n) is 9.51. The van der Waals surface area contributed by atoms with E-state index in [1.165, 1.54) is 0 Å². The first-order valence-electron chi connectivity index (χ1n) is 5.29. The van der Waals surface area contributed by atoms with E-state index in [1.54, 1.807) is 48.5 Å². The molecule has 0 aromatic heterocycles. The lowest BCUT2D eigenvalue weighted by Crippen LogP contribution is -1.62. The van der Waals surface area contributed by atoms with Gasteiger partial charge in [-0.15, -0.1) is 0 Å². The van der Waals surface area contributed by atoms with Gasteiger partial charge >= 0.3 is 0 Å². The molecule has 0 amide bonds. The van der Waals surface area contributed by atoms with Crippen molar-refractivity contribution in [3.05, 3.63) is 60.6 Å². The lowest BCUT2D eigenvalue weighted by molar-refractivity contribution is 1.23. The van der Waals surface area contributed by atoms with Crippen LogP contribution in [0.4, 0.5) is 11.4 Å². The molecule has 2 rings (SSSR count). The molecule has 0 saturated carbocycles. The number of benzene rings is 2. The summed E-state index contributed by atoms with van der Waals surface area (Å²) in [5.74, 6) is 0. The highest BCUT2D eigenvalue weighted by molar-refractivity contribution is 5.39. The molecule has 0 fully saturated rings. The van der Waals surface area contributed by atoms with Crippen molar-refractivity contribution in [2.45, 2.75) is 0 Å². The van der Waals surface area contributed by atoms with Crippen molar-refractivity contribution in [1.82, 2.24) is 0 Å². The van der Waals surface area contributed by atoms with Crippen LogP contribution in [0.3, 0.4) is 0 Å². The fraction of sp³-hybridized carbons (Fsp3) is 0. The van der Waals surface area contributed by atoms with Gasteiger partial charge < -0.3 is 0 Å². The highest BCUT2D eigenvalue weighted by Crippen LogP contribution is 2.16. The van der Waals surface area contributed by atoms with Crippen LogP contribution in [0.15, 0.2) is 70.8 Å². The monoisotopic (exact) mass is 184 g/mol. The van der Waals surface area contributed by atoms with Crippen molar-refractivity contribution >= 4 is 11.4 Å². The van der Waals surface area contributed by atoms with Crippen LogP contribution in [0, 0.1) is 0 Å². The minimum Gasteiger partial charge on any atom is -0.151 e. The summed E-state index contributed by atoms with van der Waals surface area (Å²) in [5, 5.41) is 8.00. The third-order valence-corrected chi connectivity index (χ3v) is 1.66. The Bertz CT molecular complexity index is 476. The third kappa shape index (κ3) is 2.26. The Morgan fingerprint density at radius 2 is 1.21 bits per heavy atom. The van der Waals surface area contributed by atoms with Gasteiger partial charge in [0.25, 0.3) is 0 Å². The van der Waals surface area contributed by atoms with Crippen molar-refractivity contribution in [3.8, 4) is 0 Å². The highest BCUT2D eigenvalue weighted by Gasteiger charge is 1.86. The molecule has 0 spiro atoms. The Morgan fingerprint density at radius 1 is 0.714 bits per heavy atom. The predicted octanol–water partition coefficient (Wildman–Crippen LogP) is 4.10. The molecule has 14 heavy (non-hydrogen) atoms. The largest absolute Gasteiger partial charge is 0.151 e. The summed E-state index contributed by atoms with van der Waals surface area (Å²) in [7, 11) is 0. The zero-order chi connectivity index (χ0) is 11.4. The minimum atomic E-state index is 0.408. The Morgan fingerprint density at radius 3 is 1.64 bits per heavy atom. The van der Waals surface area contributed by atoms with Gasteiger partial charge in [0.1, 0.15) is 0 Å². The first-order valence-corrected chi connectivity index (χ1v) is 4.29. The fourth-order valence-corrected chi connectivity index (χ4v) is 1.01. The minimum absolute atomic E-state index is 0.408. The molecule has 0 radical (unpaired) electrons. The second-order valence-corrected chi connectivity index (χ2v) is 2.72. The maximum Gasteiger partial charge on any atom is 0.0857 e. The summed E-state index contributed by atoms with van der Waals surface area (Å²) in [6.07, 6.45) is 0. The zero-order valence-corrected chi connectivity index (χ0v) is 7.51. The van der Waals surface area contributed by atoms with E-state index in [2.05, 4.69) is 10.2 Å². The lowest BCUT2D eigenvalue weighted by atomic mass is 10.3. The average molecular weight is 184 g/mol. The van der Waals surface area contributed by atoms with Crippen LogP contribution in [0.25, 0.3) is 0 Å². The fourth-order valence-electron chi connectivity index (χ4n) is 1.01. The quantitative estimate of drug-likeness (QED) is 0.628. The number of hydrogen-bond donors (Lipinski definition) is 0. The Kier molecular flexibility index (Phi) is 2.00. The summed E-state index contributed by atoms with van der Waals surface area (Å²) in [6, 6.07) is 14.5. The van der Waals surface area contributed by atoms with Crippen molar-refractivity contribution in [2.24, 2.45) is 10.2 Å². The molecule has 68 valence electrons. The van der Waals surface area contributed by atoms with Crippen molar-refractivity contribution < 1.29 is 2.74 Å². The molecule has 0 saturated heterocycles. The molecule has 2 aromatic carbocycles. The third-order valence-electron chi connectivity index (χ3n) is 1.66. The number of azo groups is 1. The van der Waals surface area contributed by atoms with Crippen molar-refractivity contribution in [1.29, 1.82) is 0 Å². The van der Waals surface area contributed by atoms with Crippen LogP contribution < -0.4 is 0 Å².